The van der Waals surface area contributed by atoms with Crippen LogP contribution < -0.4 is 5.32 Å². The highest BCUT2D eigenvalue weighted by molar-refractivity contribution is 7.09. The lowest BCUT2D eigenvalue weighted by Crippen LogP contribution is -2.43. The van der Waals surface area contributed by atoms with Crippen LogP contribution in [-0.4, -0.2) is 18.0 Å². The number of hydrogen-bond acceptors (Lipinski definition) is 4. The van der Waals surface area contributed by atoms with Crippen molar-refractivity contribution in [2.45, 2.75) is 44.8 Å². The van der Waals surface area contributed by atoms with Gasteiger partial charge in [0.05, 0.1) is 12.1 Å². The fourth-order valence-corrected chi connectivity index (χ4v) is 4.22. The highest BCUT2D eigenvalue weighted by atomic mass is 32.1. The van der Waals surface area contributed by atoms with E-state index in [-0.39, 0.29) is 11.4 Å². The third-order valence-corrected chi connectivity index (χ3v) is 5.50. The average molecular weight is 330 g/mol. The molecule has 0 bridgehead atoms. The van der Waals surface area contributed by atoms with Gasteiger partial charge in [0, 0.05) is 23.7 Å². The monoisotopic (exact) mass is 330 g/mol. The van der Waals surface area contributed by atoms with Gasteiger partial charge in [-0.2, -0.15) is 0 Å². The molecule has 3 rings (SSSR count). The first-order valence-electron chi connectivity index (χ1n) is 7.96. The quantitative estimate of drug-likeness (QED) is 0.907. The zero-order valence-electron chi connectivity index (χ0n) is 13.6. The van der Waals surface area contributed by atoms with Gasteiger partial charge in [-0.25, -0.2) is 4.98 Å². The number of amides is 1. The molecule has 1 aliphatic rings. The summed E-state index contributed by atoms with van der Waals surface area (Å²) in [5.41, 5.74) is 2.41. The standard InChI is InChI=1S/C18H22N2O2S/c1-13-12-23-17(19-13)18(8-3-4-9-18)20-16(21)15-7-5-6-14(10-15)11-22-2/h5-7,10,12H,3-4,8-9,11H2,1-2H3,(H,20,21). The van der Waals surface area contributed by atoms with E-state index in [4.69, 9.17) is 4.74 Å². The van der Waals surface area contributed by atoms with Crippen molar-refractivity contribution >= 4 is 17.2 Å². The molecule has 1 N–H and O–H groups in total. The van der Waals surface area contributed by atoms with Crippen LogP contribution in [0.5, 0.6) is 0 Å². The maximum absolute atomic E-state index is 12.8. The molecule has 0 unspecified atom stereocenters. The van der Waals surface area contributed by atoms with Gasteiger partial charge in [0.15, 0.2) is 0 Å². The van der Waals surface area contributed by atoms with Crippen LogP contribution in [0.15, 0.2) is 29.6 Å². The van der Waals surface area contributed by atoms with E-state index in [1.54, 1.807) is 18.4 Å². The van der Waals surface area contributed by atoms with Crippen molar-refractivity contribution in [3.8, 4) is 0 Å². The molecule has 2 aromatic rings. The number of aryl methyl sites for hydroxylation is 1. The maximum Gasteiger partial charge on any atom is 0.252 e. The van der Waals surface area contributed by atoms with E-state index in [1.807, 2.05) is 31.2 Å². The number of aromatic nitrogens is 1. The summed E-state index contributed by atoms with van der Waals surface area (Å²) in [6.07, 6.45) is 4.18. The summed E-state index contributed by atoms with van der Waals surface area (Å²) in [6.45, 7) is 2.51. The predicted octanol–water partition coefficient (Wildman–Crippen LogP) is 3.80. The lowest BCUT2D eigenvalue weighted by molar-refractivity contribution is 0.0897. The second-order valence-electron chi connectivity index (χ2n) is 6.17. The molecule has 5 heteroatoms. The topological polar surface area (TPSA) is 51.2 Å². The molecule has 1 aliphatic carbocycles. The van der Waals surface area contributed by atoms with Crippen molar-refractivity contribution in [1.82, 2.24) is 10.3 Å². The fourth-order valence-electron chi connectivity index (χ4n) is 3.20. The van der Waals surface area contributed by atoms with Crippen molar-refractivity contribution in [1.29, 1.82) is 0 Å². The normalized spacial score (nSPS) is 16.4. The molecule has 1 aromatic carbocycles. The predicted molar refractivity (Wildman–Crippen MR) is 91.6 cm³/mol. The zero-order valence-corrected chi connectivity index (χ0v) is 14.4. The molecule has 0 atom stereocenters. The molecule has 23 heavy (non-hydrogen) atoms. The molecule has 1 fully saturated rings. The van der Waals surface area contributed by atoms with E-state index < -0.39 is 0 Å². The third-order valence-electron chi connectivity index (χ3n) is 4.34. The Morgan fingerprint density at radius 1 is 1.39 bits per heavy atom. The minimum Gasteiger partial charge on any atom is -0.380 e. The SMILES string of the molecule is COCc1cccc(C(=O)NC2(c3nc(C)cs3)CCCC2)c1. The molecule has 4 nitrogen and oxygen atoms in total. The number of benzene rings is 1. The van der Waals surface area contributed by atoms with Gasteiger partial charge in [0.2, 0.25) is 0 Å². The van der Waals surface area contributed by atoms with Crippen molar-refractivity contribution in [2.24, 2.45) is 0 Å². The molecular formula is C18H22N2O2S. The van der Waals surface area contributed by atoms with Gasteiger partial charge in [0.1, 0.15) is 5.01 Å². The van der Waals surface area contributed by atoms with Crippen LogP contribution in [-0.2, 0) is 16.9 Å². The Kier molecular flexibility index (Phi) is 4.78. The molecule has 1 heterocycles. The average Bonchev–Trinajstić information content (AvgIpc) is 3.18. The number of rotatable bonds is 5. The molecule has 1 saturated carbocycles. The lowest BCUT2D eigenvalue weighted by atomic mass is 9.97. The Hall–Kier alpha value is -1.72. The third kappa shape index (κ3) is 3.46. The van der Waals surface area contributed by atoms with Gasteiger partial charge in [0.25, 0.3) is 5.91 Å². The molecule has 1 aromatic heterocycles. The summed E-state index contributed by atoms with van der Waals surface area (Å²) >= 11 is 1.65. The Labute approximate surface area is 140 Å². The number of hydrogen-bond donors (Lipinski definition) is 1. The maximum atomic E-state index is 12.8. The van der Waals surface area contributed by atoms with Crippen molar-refractivity contribution in [3.63, 3.8) is 0 Å². The van der Waals surface area contributed by atoms with Crippen LogP contribution in [0.3, 0.4) is 0 Å². The van der Waals surface area contributed by atoms with Gasteiger partial charge in [-0.1, -0.05) is 25.0 Å². The van der Waals surface area contributed by atoms with Gasteiger partial charge in [-0.3, -0.25) is 4.79 Å². The van der Waals surface area contributed by atoms with Crippen LogP contribution in [0.4, 0.5) is 0 Å². The molecule has 122 valence electrons. The van der Waals surface area contributed by atoms with E-state index in [0.717, 1.165) is 41.9 Å². The van der Waals surface area contributed by atoms with E-state index in [2.05, 4.69) is 15.7 Å². The second kappa shape index (κ2) is 6.81. The summed E-state index contributed by atoms with van der Waals surface area (Å²) < 4.78 is 5.15. The van der Waals surface area contributed by atoms with Crippen molar-refractivity contribution in [2.75, 3.05) is 7.11 Å². The summed E-state index contributed by atoms with van der Waals surface area (Å²) in [4.78, 5) is 17.4. The van der Waals surface area contributed by atoms with E-state index in [9.17, 15) is 4.79 Å². The first-order valence-corrected chi connectivity index (χ1v) is 8.84. The molecular weight excluding hydrogens is 308 g/mol. The smallest absolute Gasteiger partial charge is 0.252 e. The van der Waals surface area contributed by atoms with Crippen LogP contribution in [0.1, 0.15) is 52.3 Å². The van der Waals surface area contributed by atoms with Crippen LogP contribution in [0.25, 0.3) is 0 Å². The van der Waals surface area contributed by atoms with Crippen molar-refractivity contribution < 1.29 is 9.53 Å². The molecule has 0 saturated heterocycles. The van der Waals surface area contributed by atoms with Crippen LogP contribution >= 0.6 is 11.3 Å². The Morgan fingerprint density at radius 3 is 2.83 bits per heavy atom. The first-order chi connectivity index (χ1) is 11.1. The number of methoxy groups -OCH3 is 1. The first kappa shape index (κ1) is 16.1. The fraction of sp³-hybridized carbons (Fsp3) is 0.444. The number of carbonyl (C=O) groups is 1. The summed E-state index contributed by atoms with van der Waals surface area (Å²) in [5.74, 6) is -0.0299. The van der Waals surface area contributed by atoms with E-state index in [1.165, 1.54) is 0 Å². The molecule has 1 amide bonds. The van der Waals surface area contributed by atoms with E-state index in [0.29, 0.717) is 12.2 Å². The zero-order chi connectivity index (χ0) is 16.3. The Morgan fingerprint density at radius 2 is 2.17 bits per heavy atom. The molecule has 0 radical (unpaired) electrons. The minimum atomic E-state index is -0.298. The number of nitrogens with zero attached hydrogens (tertiary/aromatic N) is 1. The van der Waals surface area contributed by atoms with Gasteiger partial charge in [-0.05, 0) is 37.5 Å². The molecule has 0 aliphatic heterocycles. The number of carbonyl (C=O) groups excluding carboxylic acids is 1. The highest BCUT2D eigenvalue weighted by Crippen LogP contribution is 2.40. The largest absolute Gasteiger partial charge is 0.380 e. The van der Waals surface area contributed by atoms with Crippen LogP contribution in [0.2, 0.25) is 0 Å². The Bertz CT molecular complexity index is 690. The number of thiazole rings is 1. The minimum absolute atomic E-state index is 0.0299. The van der Waals surface area contributed by atoms with Gasteiger partial charge >= 0.3 is 0 Å². The highest BCUT2D eigenvalue weighted by Gasteiger charge is 2.39. The van der Waals surface area contributed by atoms with E-state index >= 15 is 0 Å². The van der Waals surface area contributed by atoms with Gasteiger partial charge in [-0.15, -0.1) is 11.3 Å². The lowest BCUT2D eigenvalue weighted by Gasteiger charge is -2.28. The summed E-state index contributed by atoms with van der Waals surface area (Å²) in [5, 5.41) is 6.37. The van der Waals surface area contributed by atoms with Crippen LogP contribution in [0, 0.1) is 6.92 Å². The Balaban J connectivity index is 1.83. The number of nitrogens with one attached hydrogen (secondary N) is 1. The molecule has 0 spiro atoms. The number of ether oxygens (including phenoxy) is 1. The van der Waals surface area contributed by atoms with Crippen molar-refractivity contribution in [3.05, 3.63) is 51.5 Å². The second-order valence-corrected chi connectivity index (χ2v) is 7.03. The van der Waals surface area contributed by atoms with Gasteiger partial charge < -0.3 is 10.1 Å². The summed E-state index contributed by atoms with van der Waals surface area (Å²) in [6, 6.07) is 7.62. The summed E-state index contributed by atoms with van der Waals surface area (Å²) in [7, 11) is 1.66.